The van der Waals surface area contributed by atoms with Gasteiger partial charge in [-0.05, 0) is 83.0 Å². The van der Waals surface area contributed by atoms with Gasteiger partial charge in [0.1, 0.15) is 0 Å². The normalized spacial score (nSPS) is 15.3. The van der Waals surface area contributed by atoms with Crippen molar-refractivity contribution in [3.05, 3.63) is 88.4 Å². The second-order valence-corrected chi connectivity index (χ2v) is 10.6. The van der Waals surface area contributed by atoms with Gasteiger partial charge in [0.2, 0.25) is 0 Å². The first kappa shape index (κ1) is 32.0. The van der Waals surface area contributed by atoms with E-state index < -0.39 is 0 Å². The van der Waals surface area contributed by atoms with Gasteiger partial charge in [-0.1, -0.05) is 116 Å². The summed E-state index contributed by atoms with van der Waals surface area (Å²) >= 11 is 0. The van der Waals surface area contributed by atoms with Crippen LogP contribution in [0.5, 0.6) is 0 Å². The van der Waals surface area contributed by atoms with Crippen LogP contribution in [-0.4, -0.2) is 0 Å². The molecular weight excluding hydrogens is 529 g/mol. The summed E-state index contributed by atoms with van der Waals surface area (Å²) in [5.41, 5.74) is 11.4. The smallest absolute Gasteiger partial charge is 0 e. The number of hydrogen-bond acceptors (Lipinski definition) is 2. The van der Waals surface area contributed by atoms with Gasteiger partial charge < -0.3 is 10.5 Å². The Kier molecular flexibility index (Phi) is 14.8. The molecule has 36 heavy (non-hydrogen) atoms. The zero-order valence-electron chi connectivity index (χ0n) is 23.6. The van der Waals surface area contributed by atoms with Gasteiger partial charge in [0.25, 0.3) is 0 Å². The van der Waals surface area contributed by atoms with E-state index in [2.05, 4.69) is 132 Å². The van der Waals surface area contributed by atoms with Crippen LogP contribution in [0.15, 0.2) is 71.0 Å². The van der Waals surface area contributed by atoms with E-state index in [4.69, 9.17) is 0 Å². The van der Waals surface area contributed by atoms with Crippen molar-refractivity contribution >= 4 is 11.4 Å². The van der Waals surface area contributed by atoms with Crippen molar-refractivity contribution in [3.8, 4) is 0 Å². The number of allylic oxidation sites excluding steroid dienone is 4. The number of benzene rings is 2. The molecule has 0 bridgehead atoms. The summed E-state index contributed by atoms with van der Waals surface area (Å²) < 4.78 is 0. The van der Waals surface area contributed by atoms with Gasteiger partial charge in [-0.15, -0.1) is 0 Å². The third kappa shape index (κ3) is 9.77. The van der Waals surface area contributed by atoms with E-state index in [1.165, 1.54) is 47.9 Å². The van der Waals surface area contributed by atoms with E-state index in [1.54, 1.807) is 0 Å². The number of hydrogen-bond donors (Lipinski definition) is 0. The van der Waals surface area contributed by atoms with Crippen LogP contribution in [0, 0.1) is 0 Å². The van der Waals surface area contributed by atoms with Gasteiger partial charge in [0, 0.05) is 19.5 Å². The van der Waals surface area contributed by atoms with Gasteiger partial charge in [-0.3, -0.25) is 5.22 Å². The first-order valence-corrected chi connectivity index (χ1v) is 13.4. The standard InChI is InChI=1S/C24H34N3.C8H12.Rh/c1-15(2)19-11-9-12-20(16(3)4)23(19)25-27-26-24-21(17(5)6)13-10-14-22(24)18(7)8;1-2-4-6-8-7-5-3-1;/h9-18H,1-8H3;1-2,7-8H,3-6H2;/q-1;;/b;2-1-,8-7-;. The van der Waals surface area contributed by atoms with Gasteiger partial charge in [-0.25, -0.2) is 0 Å². The monoisotopic (exact) mass is 575 g/mol. The predicted octanol–water partition coefficient (Wildman–Crippen LogP) is 11.6. The Labute approximate surface area is 233 Å². The maximum Gasteiger partial charge on any atom is 0 e. The summed E-state index contributed by atoms with van der Waals surface area (Å²) in [7, 11) is 0. The summed E-state index contributed by atoms with van der Waals surface area (Å²) in [4.78, 5) is 0. The molecule has 0 saturated carbocycles. The van der Waals surface area contributed by atoms with E-state index >= 15 is 0 Å². The van der Waals surface area contributed by atoms with Crippen molar-refractivity contribution in [3.63, 3.8) is 0 Å². The first-order chi connectivity index (χ1) is 16.7. The third-order valence-electron chi connectivity index (χ3n) is 6.31. The fraction of sp³-hybridized carbons (Fsp3) is 0.500. The van der Waals surface area contributed by atoms with E-state index in [0.717, 1.165) is 11.4 Å². The van der Waals surface area contributed by atoms with E-state index in [0.29, 0.717) is 23.7 Å². The second kappa shape index (κ2) is 16.6. The molecule has 0 heterocycles. The van der Waals surface area contributed by atoms with Crippen LogP contribution >= 0.6 is 0 Å². The molecule has 3 nitrogen and oxygen atoms in total. The van der Waals surface area contributed by atoms with Gasteiger partial charge >= 0.3 is 0 Å². The van der Waals surface area contributed by atoms with Gasteiger partial charge in [0.05, 0.1) is 0 Å². The molecule has 0 unspecified atom stereocenters. The SMILES string of the molecule is C1=C\CC/C=C\CC/1.CC(C)c1cccc(C(C)C)c1N=N[N-]c1c(C(C)C)cccc1C(C)C.[Rh]. The Bertz CT molecular complexity index is 922. The second-order valence-electron chi connectivity index (χ2n) is 10.6. The van der Waals surface area contributed by atoms with Crippen LogP contribution in [0.1, 0.15) is 127 Å². The molecule has 0 aliphatic heterocycles. The molecule has 0 N–H and O–H groups in total. The van der Waals surface area contributed by atoms with Crippen molar-refractivity contribution in [2.45, 2.75) is 105 Å². The first-order valence-electron chi connectivity index (χ1n) is 13.4. The molecule has 1 aliphatic rings. The minimum Gasteiger partial charge on any atom is -0.350 e. The van der Waals surface area contributed by atoms with Crippen molar-refractivity contribution in [1.82, 2.24) is 0 Å². The van der Waals surface area contributed by atoms with Gasteiger partial charge in [0.15, 0.2) is 0 Å². The topological polar surface area (TPSA) is 38.8 Å². The Morgan fingerprint density at radius 3 is 1.22 bits per heavy atom. The van der Waals surface area contributed by atoms with E-state index in [1.807, 2.05) is 0 Å². The molecule has 3 rings (SSSR count). The molecule has 1 aliphatic carbocycles. The van der Waals surface area contributed by atoms with Crippen LogP contribution in [-0.2, 0) is 19.5 Å². The van der Waals surface area contributed by atoms with Crippen molar-refractivity contribution < 1.29 is 19.5 Å². The molecule has 0 spiro atoms. The molecule has 0 atom stereocenters. The molecule has 4 heteroatoms. The summed E-state index contributed by atoms with van der Waals surface area (Å²) in [6, 6.07) is 12.8. The predicted molar refractivity (Wildman–Crippen MR) is 154 cm³/mol. The number of nitrogens with zero attached hydrogens (tertiary/aromatic N) is 3. The summed E-state index contributed by atoms with van der Waals surface area (Å²) in [6.45, 7) is 17.6. The Hall–Kier alpha value is -2.06. The van der Waals surface area contributed by atoms with Crippen LogP contribution in [0.2, 0.25) is 0 Å². The molecule has 0 amide bonds. The Balaban J connectivity index is 0.000000611. The third-order valence-corrected chi connectivity index (χ3v) is 6.31. The molecule has 2 aromatic carbocycles. The average molecular weight is 576 g/mol. The van der Waals surface area contributed by atoms with Crippen LogP contribution in [0.25, 0.3) is 5.43 Å². The molecule has 0 fully saturated rings. The largest absolute Gasteiger partial charge is 0.350 e. The summed E-state index contributed by atoms with van der Waals surface area (Å²) in [6.07, 6.45) is 14.0. The zero-order valence-corrected chi connectivity index (χ0v) is 25.2. The fourth-order valence-corrected chi connectivity index (χ4v) is 4.22. The molecular formula is C32H46N3Rh-. The molecule has 2 aromatic rings. The van der Waals surface area contributed by atoms with Crippen LogP contribution in [0.4, 0.5) is 11.4 Å². The Morgan fingerprint density at radius 2 is 0.889 bits per heavy atom. The van der Waals surface area contributed by atoms with E-state index in [9.17, 15) is 0 Å². The van der Waals surface area contributed by atoms with Crippen molar-refractivity contribution in [2.24, 2.45) is 10.3 Å². The van der Waals surface area contributed by atoms with Crippen molar-refractivity contribution in [2.75, 3.05) is 0 Å². The average Bonchev–Trinajstić information content (AvgIpc) is 2.78. The summed E-state index contributed by atoms with van der Waals surface area (Å²) in [5.74, 6) is 1.58. The number of rotatable bonds is 7. The Morgan fingerprint density at radius 1 is 0.556 bits per heavy atom. The molecule has 199 valence electrons. The van der Waals surface area contributed by atoms with Crippen LogP contribution in [0.3, 0.4) is 0 Å². The van der Waals surface area contributed by atoms with E-state index in [-0.39, 0.29) is 19.5 Å². The maximum absolute atomic E-state index is 4.60. The maximum atomic E-state index is 4.60. The fourth-order valence-electron chi connectivity index (χ4n) is 4.22. The van der Waals surface area contributed by atoms with Gasteiger partial charge in [-0.2, -0.15) is 0 Å². The minimum atomic E-state index is 0. The van der Waals surface area contributed by atoms with Crippen molar-refractivity contribution in [1.29, 1.82) is 0 Å². The molecule has 0 aromatic heterocycles. The quantitative estimate of drug-likeness (QED) is 0.136. The molecule has 0 saturated heterocycles. The zero-order chi connectivity index (χ0) is 25.8. The summed E-state index contributed by atoms with van der Waals surface area (Å²) in [5, 5.41) is 8.94. The minimum absolute atomic E-state index is 0. The molecule has 1 radical (unpaired) electrons. The van der Waals surface area contributed by atoms with Crippen LogP contribution < -0.4 is 0 Å².